The van der Waals surface area contributed by atoms with Crippen LogP contribution in [0.4, 0.5) is 11.8 Å². The zero-order valence-electron chi connectivity index (χ0n) is 20.3. The van der Waals surface area contributed by atoms with Crippen molar-refractivity contribution in [1.82, 2.24) is 40.9 Å². The van der Waals surface area contributed by atoms with Crippen LogP contribution in [0.3, 0.4) is 0 Å². The predicted octanol–water partition coefficient (Wildman–Crippen LogP) is 1.17. The summed E-state index contributed by atoms with van der Waals surface area (Å²) in [6.07, 6.45) is 5.94. The van der Waals surface area contributed by atoms with Crippen LogP contribution in [-0.2, 0) is 16.1 Å². The summed E-state index contributed by atoms with van der Waals surface area (Å²) in [6, 6.07) is 5.99. The molecule has 1 amide bonds. The summed E-state index contributed by atoms with van der Waals surface area (Å²) in [5.41, 5.74) is 7.13. The lowest BCUT2D eigenvalue weighted by Gasteiger charge is -2.47. The Labute approximate surface area is 213 Å². The van der Waals surface area contributed by atoms with Gasteiger partial charge in [-0.2, -0.15) is 10.1 Å². The monoisotopic (exact) mass is 512 g/mol. The number of aromatic nitrogens is 5. The first-order chi connectivity index (χ1) is 17.3. The summed E-state index contributed by atoms with van der Waals surface area (Å²) in [4.78, 5) is 28.6. The van der Waals surface area contributed by atoms with Crippen LogP contribution in [0.25, 0.3) is 5.82 Å². The van der Waals surface area contributed by atoms with Crippen molar-refractivity contribution in [3.63, 3.8) is 0 Å². The van der Waals surface area contributed by atoms with Crippen LogP contribution >= 0.6 is 11.6 Å². The smallest absolute Gasteiger partial charge is 0.256 e. The normalized spacial score (nSPS) is 20.7. The van der Waals surface area contributed by atoms with Gasteiger partial charge in [0.15, 0.2) is 11.4 Å². The van der Waals surface area contributed by atoms with E-state index in [1.165, 1.54) is 0 Å². The number of hydrogen-bond donors (Lipinski definition) is 4. The number of anilines is 2. The average molecular weight is 513 g/mol. The Kier molecular flexibility index (Phi) is 6.75. The van der Waals surface area contributed by atoms with Crippen molar-refractivity contribution in [2.24, 2.45) is 0 Å². The van der Waals surface area contributed by atoms with Crippen molar-refractivity contribution in [1.29, 1.82) is 0 Å². The number of nitrogens with one attached hydrogen (secondary N) is 4. The average Bonchev–Trinajstić information content (AvgIpc) is 3.45. The van der Waals surface area contributed by atoms with Crippen LogP contribution in [0.1, 0.15) is 24.6 Å². The van der Waals surface area contributed by atoms with Gasteiger partial charge in [0.2, 0.25) is 5.95 Å². The zero-order valence-corrected chi connectivity index (χ0v) is 21.1. The number of hydrogen-bond acceptors (Lipinski definition) is 10. The largest absolute Gasteiger partial charge is 0.365 e. The molecule has 3 aromatic heterocycles. The lowest BCUT2D eigenvalue weighted by Crippen LogP contribution is -2.70. The minimum atomic E-state index is -0.966. The number of carbonyl (C=O) groups excluding carboxylic acids is 1. The van der Waals surface area contributed by atoms with Gasteiger partial charge in [0.1, 0.15) is 5.82 Å². The molecule has 0 aromatic carbocycles. The topological polar surface area (TPSA) is 134 Å². The summed E-state index contributed by atoms with van der Waals surface area (Å²) in [5.74, 6) is 1.75. The van der Waals surface area contributed by atoms with E-state index in [0.29, 0.717) is 42.5 Å². The molecular formula is C23H29ClN10O2. The second kappa shape index (κ2) is 9.97. The molecular weight excluding hydrogens is 484 g/mol. The summed E-state index contributed by atoms with van der Waals surface area (Å²) in [6.45, 7) is 5.08. The molecule has 4 N–H and O–H groups in total. The van der Waals surface area contributed by atoms with E-state index in [1.807, 2.05) is 30.0 Å². The fourth-order valence-electron chi connectivity index (χ4n) is 4.26. The molecule has 2 fully saturated rings. The van der Waals surface area contributed by atoms with Crippen LogP contribution in [0.15, 0.2) is 36.8 Å². The van der Waals surface area contributed by atoms with Crippen LogP contribution < -0.4 is 26.4 Å². The Morgan fingerprint density at radius 2 is 2.11 bits per heavy atom. The molecule has 0 radical (unpaired) electrons. The number of ether oxygens (including phenoxy) is 1. The number of amides is 1. The van der Waals surface area contributed by atoms with Gasteiger partial charge in [0.05, 0.1) is 36.7 Å². The molecule has 2 aliphatic rings. The second-order valence-electron chi connectivity index (χ2n) is 9.18. The number of hydrazine groups is 1. The van der Waals surface area contributed by atoms with Gasteiger partial charge in [-0.25, -0.2) is 20.1 Å². The molecule has 36 heavy (non-hydrogen) atoms. The van der Waals surface area contributed by atoms with E-state index in [4.69, 9.17) is 16.3 Å². The zero-order chi connectivity index (χ0) is 25.3. The predicted molar refractivity (Wildman–Crippen MR) is 135 cm³/mol. The molecule has 0 saturated carbocycles. The summed E-state index contributed by atoms with van der Waals surface area (Å²) in [7, 11) is 1.55. The standard InChI is InChI=1S/C23H29ClN10O2/c1-14-6-18(29-19-7-15(2)31-32-19)30-22(28-14)33-12-23(13-33,36-3)21(35)26-9-16-4-5-20(25-8-16)34-11-17(24)10-27-34/h4-6,8,10-11,15,19,31-32H,7,9,12-13H2,1-3H3,(H,26,35)(H,28,29,30). The molecule has 0 spiro atoms. The van der Waals surface area contributed by atoms with Gasteiger partial charge in [0.25, 0.3) is 5.91 Å². The molecule has 2 aliphatic heterocycles. The number of rotatable bonds is 8. The Morgan fingerprint density at radius 1 is 1.28 bits per heavy atom. The van der Waals surface area contributed by atoms with Gasteiger partial charge >= 0.3 is 0 Å². The van der Waals surface area contributed by atoms with E-state index in [1.54, 1.807) is 30.4 Å². The minimum absolute atomic E-state index is 0.0864. The molecule has 190 valence electrons. The van der Waals surface area contributed by atoms with E-state index >= 15 is 0 Å². The molecule has 2 saturated heterocycles. The van der Waals surface area contributed by atoms with Gasteiger partial charge in [-0.15, -0.1) is 0 Å². The van der Waals surface area contributed by atoms with E-state index in [9.17, 15) is 4.79 Å². The van der Waals surface area contributed by atoms with Crippen molar-refractivity contribution in [2.75, 3.05) is 30.4 Å². The lowest BCUT2D eigenvalue weighted by molar-refractivity contribution is -0.146. The lowest BCUT2D eigenvalue weighted by atomic mass is 9.93. The van der Waals surface area contributed by atoms with Crippen LogP contribution in [0.2, 0.25) is 5.02 Å². The van der Waals surface area contributed by atoms with E-state index < -0.39 is 5.60 Å². The maximum Gasteiger partial charge on any atom is 0.256 e. The highest BCUT2D eigenvalue weighted by Crippen LogP contribution is 2.29. The fourth-order valence-corrected chi connectivity index (χ4v) is 4.40. The number of nitrogens with zero attached hydrogens (tertiary/aromatic N) is 6. The second-order valence-corrected chi connectivity index (χ2v) is 9.62. The Hall–Kier alpha value is -3.32. The van der Waals surface area contributed by atoms with E-state index in [-0.39, 0.29) is 12.1 Å². The summed E-state index contributed by atoms with van der Waals surface area (Å²) >= 11 is 5.92. The molecule has 2 unspecified atom stereocenters. The third-order valence-corrected chi connectivity index (χ3v) is 6.48. The van der Waals surface area contributed by atoms with Crippen LogP contribution in [0.5, 0.6) is 0 Å². The first-order valence-electron chi connectivity index (χ1n) is 11.7. The van der Waals surface area contributed by atoms with Crippen molar-refractivity contribution < 1.29 is 9.53 Å². The van der Waals surface area contributed by atoms with Crippen molar-refractivity contribution >= 4 is 29.3 Å². The van der Waals surface area contributed by atoms with E-state index in [0.717, 1.165) is 23.5 Å². The van der Waals surface area contributed by atoms with Crippen molar-refractivity contribution in [3.8, 4) is 5.82 Å². The highest BCUT2D eigenvalue weighted by Gasteiger charge is 2.51. The molecule has 0 bridgehead atoms. The third-order valence-electron chi connectivity index (χ3n) is 6.29. The van der Waals surface area contributed by atoms with Gasteiger partial charge in [-0.1, -0.05) is 17.7 Å². The first-order valence-corrected chi connectivity index (χ1v) is 12.1. The van der Waals surface area contributed by atoms with Crippen molar-refractivity contribution in [3.05, 3.63) is 53.1 Å². The number of carbonyl (C=O) groups is 1. The molecule has 5 rings (SSSR count). The Morgan fingerprint density at radius 3 is 2.75 bits per heavy atom. The van der Waals surface area contributed by atoms with E-state index in [2.05, 4.69) is 48.5 Å². The quantitative estimate of drug-likeness (QED) is 0.348. The minimum Gasteiger partial charge on any atom is -0.365 e. The maximum atomic E-state index is 13.0. The Balaban J connectivity index is 1.18. The molecule has 5 heterocycles. The summed E-state index contributed by atoms with van der Waals surface area (Å²) in [5, 5.41) is 11.0. The van der Waals surface area contributed by atoms with Gasteiger partial charge in [-0.05, 0) is 31.9 Å². The molecule has 0 aliphatic carbocycles. The SMILES string of the molecule is COC1(C(=O)NCc2ccc(-n3cc(Cl)cn3)nc2)CN(c2nc(C)cc(NC3CC(C)NN3)n2)C1. The van der Waals surface area contributed by atoms with Gasteiger partial charge in [0, 0.05) is 37.7 Å². The number of methoxy groups -OCH3 is 1. The molecule has 2 atom stereocenters. The fraction of sp³-hybridized carbons (Fsp3) is 0.435. The number of pyridine rings is 1. The summed E-state index contributed by atoms with van der Waals surface area (Å²) < 4.78 is 7.24. The van der Waals surface area contributed by atoms with Gasteiger partial charge < -0.3 is 20.3 Å². The number of halogens is 1. The van der Waals surface area contributed by atoms with Gasteiger partial charge in [-0.3, -0.25) is 10.2 Å². The highest BCUT2D eigenvalue weighted by molar-refractivity contribution is 6.30. The Bertz CT molecular complexity index is 1230. The first kappa shape index (κ1) is 24.4. The number of aryl methyl sites for hydroxylation is 1. The van der Waals surface area contributed by atoms with Crippen LogP contribution in [0, 0.1) is 6.92 Å². The van der Waals surface area contributed by atoms with Crippen molar-refractivity contribution in [2.45, 2.75) is 44.6 Å². The van der Waals surface area contributed by atoms with Crippen LogP contribution in [-0.4, -0.2) is 68.6 Å². The maximum absolute atomic E-state index is 13.0. The molecule has 12 nitrogen and oxygen atoms in total. The molecule has 3 aromatic rings. The third kappa shape index (κ3) is 5.12. The molecule has 13 heteroatoms. The highest BCUT2D eigenvalue weighted by atomic mass is 35.5.